The number of hydrogen-bond donors (Lipinski definition) is 1. The fraction of sp³-hybridized carbons (Fsp3) is 0.429. The van der Waals surface area contributed by atoms with Crippen LogP contribution in [0.2, 0.25) is 0 Å². The van der Waals surface area contributed by atoms with Crippen molar-refractivity contribution < 1.29 is 4.79 Å². The lowest BCUT2D eigenvalue weighted by Crippen LogP contribution is -2.29. The van der Waals surface area contributed by atoms with Crippen LogP contribution in [-0.4, -0.2) is 33.5 Å². The van der Waals surface area contributed by atoms with E-state index < -0.39 is 0 Å². The van der Waals surface area contributed by atoms with Crippen molar-refractivity contribution >= 4 is 39.9 Å². The summed E-state index contributed by atoms with van der Waals surface area (Å²) in [6.45, 7) is 3.95. The van der Waals surface area contributed by atoms with E-state index in [2.05, 4.69) is 10.2 Å². The molecule has 1 saturated heterocycles. The first-order chi connectivity index (χ1) is 9.16. The topological polar surface area (TPSA) is 32.3 Å². The van der Waals surface area contributed by atoms with Crippen molar-refractivity contribution in [3.8, 4) is 0 Å². The molecule has 1 aliphatic heterocycles. The van der Waals surface area contributed by atoms with E-state index in [0.717, 1.165) is 23.1 Å². The van der Waals surface area contributed by atoms with Crippen molar-refractivity contribution in [2.45, 2.75) is 25.0 Å². The van der Waals surface area contributed by atoms with Gasteiger partial charge in [0, 0.05) is 18.8 Å². The Labute approximate surface area is 123 Å². The van der Waals surface area contributed by atoms with Crippen LogP contribution in [0.4, 0.5) is 5.69 Å². The predicted octanol–water partition coefficient (Wildman–Crippen LogP) is 3.13. The van der Waals surface area contributed by atoms with Crippen molar-refractivity contribution in [1.82, 2.24) is 4.90 Å². The zero-order valence-corrected chi connectivity index (χ0v) is 12.6. The average molecular weight is 294 g/mol. The van der Waals surface area contributed by atoms with Gasteiger partial charge in [-0.25, -0.2) is 0 Å². The SMILES string of the molecule is CC(SC(=S)N1CCCC1)C(=O)Nc1ccccc1. The maximum atomic E-state index is 12.1. The minimum atomic E-state index is -0.173. The molecule has 0 spiro atoms. The number of hydrogen-bond acceptors (Lipinski definition) is 3. The summed E-state index contributed by atoms with van der Waals surface area (Å²) < 4.78 is 0.841. The number of likely N-dealkylation sites (tertiary alicyclic amines) is 1. The van der Waals surface area contributed by atoms with E-state index in [1.807, 2.05) is 37.3 Å². The van der Waals surface area contributed by atoms with Crippen molar-refractivity contribution in [2.24, 2.45) is 0 Å². The fourth-order valence-electron chi connectivity index (χ4n) is 1.94. The number of rotatable bonds is 3. The van der Waals surface area contributed by atoms with E-state index in [-0.39, 0.29) is 11.2 Å². The summed E-state index contributed by atoms with van der Waals surface area (Å²) in [5.41, 5.74) is 0.826. The van der Waals surface area contributed by atoms with E-state index in [9.17, 15) is 4.79 Å². The Morgan fingerprint density at radius 3 is 2.58 bits per heavy atom. The second kappa shape index (κ2) is 6.91. The standard InChI is InChI=1S/C14H18N2OS2/c1-11(19-14(18)16-9-5-6-10-16)13(17)15-12-7-3-2-4-8-12/h2-4,7-8,11H,5-6,9-10H2,1H3,(H,15,17). The number of carbonyl (C=O) groups excluding carboxylic acids is 1. The van der Waals surface area contributed by atoms with Crippen molar-refractivity contribution in [3.05, 3.63) is 30.3 Å². The second-order valence-corrected chi connectivity index (χ2v) is 6.55. The largest absolute Gasteiger partial charge is 0.358 e. The lowest BCUT2D eigenvalue weighted by Gasteiger charge is -2.20. The van der Waals surface area contributed by atoms with Crippen LogP contribution in [0, 0.1) is 0 Å². The first kappa shape index (κ1) is 14.3. The highest BCUT2D eigenvalue weighted by Gasteiger charge is 2.21. The summed E-state index contributed by atoms with van der Waals surface area (Å²) in [7, 11) is 0. The first-order valence-electron chi connectivity index (χ1n) is 6.48. The lowest BCUT2D eigenvalue weighted by atomic mass is 10.3. The molecule has 0 bridgehead atoms. The predicted molar refractivity (Wildman–Crippen MR) is 85.5 cm³/mol. The lowest BCUT2D eigenvalue weighted by molar-refractivity contribution is -0.115. The van der Waals surface area contributed by atoms with Gasteiger partial charge >= 0.3 is 0 Å². The number of thioether (sulfide) groups is 1. The van der Waals surface area contributed by atoms with E-state index in [1.165, 1.54) is 24.6 Å². The van der Waals surface area contributed by atoms with Gasteiger partial charge in [0.25, 0.3) is 0 Å². The minimum absolute atomic E-state index is 0.00209. The van der Waals surface area contributed by atoms with Crippen LogP contribution in [0.25, 0.3) is 0 Å². The summed E-state index contributed by atoms with van der Waals surface area (Å²) in [5, 5.41) is 2.73. The Bertz CT molecular complexity index is 444. The van der Waals surface area contributed by atoms with E-state index >= 15 is 0 Å². The smallest absolute Gasteiger partial charge is 0.237 e. The summed E-state index contributed by atoms with van der Waals surface area (Å²) in [6.07, 6.45) is 2.40. The molecule has 1 aromatic carbocycles. The molecule has 1 heterocycles. The van der Waals surface area contributed by atoms with Crippen LogP contribution in [0.3, 0.4) is 0 Å². The molecule has 1 amide bonds. The van der Waals surface area contributed by atoms with Crippen molar-refractivity contribution in [2.75, 3.05) is 18.4 Å². The number of nitrogens with one attached hydrogen (secondary N) is 1. The molecular weight excluding hydrogens is 276 g/mol. The van der Waals surface area contributed by atoms with Crippen molar-refractivity contribution in [3.63, 3.8) is 0 Å². The van der Waals surface area contributed by atoms with E-state index in [4.69, 9.17) is 12.2 Å². The zero-order valence-electron chi connectivity index (χ0n) is 11.0. The summed E-state index contributed by atoms with van der Waals surface area (Å²) in [6, 6.07) is 9.50. The molecule has 1 fully saturated rings. The molecule has 1 aliphatic rings. The van der Waals surface area contributed by atoms with Gasteiger partial charge in [-0.2, -0.15) is 0 Å². The molecule has 2 rings (SSSR count). The number of amides is 1. The molecule has 0 radical (unpaired) electrons. The second-order valence-electron chi connectivity index (χ2n) is 4.58. The third-order valence-corrected chi connectivity index (χ3v) is 4.63. The molecule has 5 heteroatoms. The molecule has 0 saturated carbocycles. The molecule has 0 aromatic heterocycles. The molecule has 0 aliphatic carbocycles. The third-order valence-electron chi connectivity index (χ3n) is 3.05. The number of anilines is 1. The Morgan fingerprint density at radius 1 is 1.32 bits per heavy atom. The van der Waals surface area contributed by atoms with Gasteiger partial charge in [-0.3, -0.25) is 4.79 Å². The van der Waals surface area contributed by atoms with E-state index in [1.54, 1.807) is 0 Å². The van der Waals surface area contributed by atoms with Crippen LogP contribution >= 0.6 is 24.0 Å². The average Bonchev–Trinajstić information content (AvgIpc) is 2.93. The summed E-state index contributed by atoms with van der Waals surface area (Å²) in [4.78, 5) is 14.2. The van der Waals surface area contributed by atoms with Gasteiger partial charge in [0.15, 0.2) is 0 Å². The monoisotopic (exact) mass is 294 g/mol. The van der Waals surface area contributed by atoms with Crippen LogP contribution in [0.1, 0.15) is 19.8 Å². The van der Waals surface area contributed by atoms with E-state index in [0.29, 0.717) is 0 Å². The Kier molecular flexibility index (Phi) is 5.22. The van der Waals surface area contributed by atoms with Gasteiger partial charge in [-0.15, -0.1) is 0 Å². The van der Waals surface area contributed by atoms with Crippen LogP contribution in [0.5, 0.6) is 0 Å². The van der Waals surface area contributed by atoms with Crippen molar-refractivity contribution in [1.29, 1.82) is 0 Å². The van der Waals surface area contributed by atoms with Crippen LogP contribution in [0.15, 0.2) is 30.3 Å². The number of para-hydroxylation sites is 1. The zero-order chi connectivity index (χ0) is 13.7. The molecular formula is C14H18N2OS2. The van der Waals surface area contributed by atoms with Gasteiger partial charge in [0.2, 0.25) is 5.91 Å². The normalized spacial score (nSPS) is 16.2. The molecule has 3 nitrogen and oxygen atoms in total. The Balaban J connectivity index is 1.83. The summed E-state index contributed by atoms with van der Waals surface area (Å²) >= 11 is 6.85. The summed E-state index contributed by atoms with van der Waals surface area (Å²) in [5.74, 6) is -0.00209. The Hall–Kier alpha value is -1.07. The highest BCUT2D eigenvalue weighted by molar-refractivity contribution is 8.23. The molecule has 1 atom stereocenters. The highest BCUT2D eigenvalue weighted by Crippen LogP contribution is 2.21. The maximum Gasteiger partial charge on any atom is 0.237 e. The third kappa shape index (κ3) is 4.21. The van der Waals surface area contributed by atoms with Gasteiger partial charge in [0.05, 0.1) is 5.25 Å². The fourth-order valence-corrected chi connectivity index (χ4v) is 3.36. The van der Waals surface area contributed by atoms with Gasteiger partial charge in [-0.05, 0) is 31.9 Å². The quantitative estimate of drug-likeness (QED) is 0.868. The minimum Gasteiger partial charge on any atom is -0.358 e. The molecule has 1 aromatic rings. The van der Waals surface area contributed by atoms with Gasteiger partial charge < -0.3 is 10.2 Å². The first-order valence-corrected chi connectivity index (χ1v) is 7.77. The van der Waals surface area contributed by atoms with Crippen LogP contribution < -0.4 is 5.32 Å². The molecule has 1 unspecified atom stereocenters. The number of benzene rings is 1. The van der Waals surface area contributed by atoms with Gasteiger partial charge in [0.1, 0.15) is 4.32 Å². The number of thiocarbonyl (C=S) groups is 1. The highest BCUT2D eigenvalue weighted by atomic mass is 32.2. The van der Waals surface area contributed by atoms with Gasteiger partial charge in [-0.1, -0.05) is 42.2 Å². The molecule has 19 heavy (non-hydrogen) atoms. The Morgan fingerprint density at radius 2 is 1.95 bits per heavy atom. The van der Waals surface area contributed by atoms with Crippen LogP contribution in [-0.2, 0) is 4.79 Å². The number of nitrogens with zero attached hydrogens (tertiary/aromatic N) is 1. The molecule has 1 N–H and O–H groups in total. The maximum absolute atomic E-state index is 12.1. The molecule has 102 valence electrons. The number of carbonyl (C=O) groups is 1.